The number of benzene rings is 1. The number of rotatable bonds is 2. The number of halogens is 3. The lowest BCUT2D eigenvalue weighted by Crippen LogP contribution is -2.17. The molecule has 0 fully saturated rings. The Kier molecular flexibility index (Phi) is 3.46. The third kappa shape index (κ3) is 3.71. The van der Waals surface area contributed by atoms with Crippen LogP contribution in [-0.2, 0) is 0 Å². The van der Waals surface area contributed by atoms with Crippen molar-refractivity contribution >= 4 is 0 Å². The first-order valence-electron chi connectivity index (χ1n) is 5.65. The molecule has 0 aliphatic carbocycles. The molecule has 0 unspecified atom stereocenters. The third-order valence-electron chi connectivity index (χ3n) is 2.48. The molecule has 19 heavy (non-hydrogen) atoms. The first-order chi connectivity index (χ1) is 8.83. The van der Waals surface area contributed by atoms with E-state index in [2.05, 4.69) is 9.72 Å². The second-order valence-electron chi connectivity index (χ2n) is 4.21. The Hall–Kier alpha value is -2.04. The zero-order valence-corrected chi connectivity index (χ0v) is 10.5. The van der Waals surface area contributed by atoms with Crippen LogP contribution in [0, 0.1) is 13.8 Å². The zero-order valence-electron chi connectivity index (χ0n) is 10.5. The van der Waals surface area contributed by atoms with Crippen molar-refractivity contribution in [1.29, 1.82) is 0 Å². The Morgan fingerprint density at radius 2 is 1.58 bits per heavy atom. The van der Waals surface area contributed by atoms with Gasteiger partial charge in [0.1, 0.15) is 5.75 Å². The number of ether oxygens (including phenoxy) is 1. The van der Waals surface area contributed by atoms with Gasteiger partial charge >= 0.3 is 6.36 Å². The summed E-state index contributed by atoms with van der Waals surface area (Å²) in [6, 6.07) is 9.54. The Morgan fingerprint density at radius 1 is 0.947 bits per heavy atom. The molecular formula is C14H12F3NO. The Bertz CT molecular complexity index is 573. The van der Waals surface area contributed by atoms with Crippen molar-refractivity contribution in [2.24, 2.45) is 0 Å². The number of nitrogens with zero attached hydrogens (tertiary/aromatic N) is 1. The zero-order chi connectivity index (χ0) is 14.0. The van der Waals surface area contributed by atoms with Crippen molar-refractivity contribution in [2.45, 2.75) is 20.2 Å². The summed E-state index contributed by atoms with van der Waals surface area (Å²) in [6.07, 6.45) is -4.68. The number of aromatic nitrogens is 1. The molecule has 0 saturated carbocycles. The van der Waals surface area contributed by atoms with Gasteiger partial charge in [-0.2, -0.15) is 0 Å². The number of alkyl halides is 3. The average Bonchev–Trinajstić information content (AvgIpc) is 2.25. The van der Waals surface area contributed by atoms with Crippen LogP contribution in [0.15, 0.2) is 36.4 Å². The minimum Gasteiger partial charge on any atom is -0.406 e. The lowest BCUT2D eigenvalue weighted by Gasteiger charge is -2.10. The van der Waals surface area contributed by atoms with Crippen LogP contribution in [0.25, 0.3) is 11.1 Å². The highest BCUT2D eigenvalue weighted by Gasteiger charge is 2.31. The SMILES string of the molecule is Cc1cc(-c2cccc(OC(F)(F)F)c2)cc(C)n1. The first kappa shape index (κ1) is 13.4. The molecule has 2 nitrogen and oxygen atoms in total. The van der Waals surface area contributed by atoms with Crippen molar-refractivity contribution in [2.75, 3.05) is 0 Å². The molecule has 2 rings (SSSR count). The van der Waals surface area contributed by atoms with Crippen LogP contribution in [0.3, 0.4) is 0 Å². The standard InChI is InChI=1S/C14H12F3NO/c1-9-6-12(7-10(2)18-9)11-4-3-5-13(8-11)19-14(15,16)17/h3-8H,1-2H3. The van der Waals surface area contributed by atoms with Crippen LogP contribution >= 0.6 is 0 Å². The van der Waals surface area contributed by atoms with E-state index in [-0.39, 0.29) is 5.75 Å². The van der Waals surface area contributed by atoms with Gasteiger partial charge in [0, 0.05) is 11.4 Å². The minimum absolute atomic E-state index is 0.225. The summed E-state index contributed by atoms with van der Waals surface area (Å²) in [5.41, 5.74) is 3.11. The van der Waals surface area contributed by atoms with E-state index in [1.165, 1.54) is 18.2 Å². The monoisotopic (exact) mass is 267 g/mol. The molecule has 1 aromatic heterocycles. The molecule has 1 heterocycles. The molecule has 0 bridgehead atoms. The van der Waals surface area contributed by atoms with Crippen molar-refractivity contribution in [3.05, 3.63) is 47.8 Å². The van der Waals surface area contributed by atoms with Gasteiger partial charge in [-0.1, -0.05) is 12.1 Å². The molecular weight excluding hydrogens is 255 g/mol. The summed E-state index contributed by atoms with van der Waals surface area (Å²) in [4.78, 5) is 4.23. The number of hydrogen-bond donors (Lipinski definition) is 0. The normalized spacial score (nSPS) is 11.4. The van der Waals surface area contributed by atoms with Crippen molar-refractivity contribution in [3.8, 4) is 16.9 Å². The summed E-state index contributed by atoms with van der Waals surface area (Å²) >= 11 is 0. The van der Waals surface area contributed by atoms with E-state index in [9.17, 15) is 13.2 Å². The van der Waals surface area contributed by atoms with Crippen molar-refractivity contribution < 1.29 is 17.9 Å². The smallest absolute Gasteiger partial charge is 0.406 e. The van der Waals surface area contributed by atoms with E-state index in [1.54, 1.807) is 6.07 Å². The van der Waals surface area contributed by atoms with E-state index in [1.807, 2.05) is 26.0 Å². The largest absolute Gasteiger partial charge is 0.573 e. The van der Waals surface area contributed by atoms with Gasteiger partial charge in [-0.05, 0) is 49.2 Å². The molecule has 0 amide bonds. The van der Waals surface area contributed by atoms with E-state index >= 15 is 0 Å². The highest BCUT2D eigenvalue weighted by Crippen LogP contribution is 2.28. The molecule has 0 aliphatic heterocycles. The maximum Gasteiger partial charge on any atom is 0.573 e. The second-order valence-corrected chi connectivity index (χ2v) is 4.21. The van der Waals surface area contributed by atoms with Gasteiger partial charge in [-0.15, -0.1) is 13.2 Å². The molecule has 0 atom stereocenters. The first-order valence-corrected chi connectivity index (χ1v) is 5.65. The summed E-state index contributed by atoms with van der Waals surface area (Å²) in [6.45, 7) is 3.68. The third-order valence-corrected chi connectivity index (χ3v) is 2.48. The second kappa shape index (κ2) is 4.91. The molecule has 2 aromatic rings. The van der Waals surface area contributed by atoms with E-state index in [4.69, 9.17) is 0 Å². The maximum atomic E-state index is 12.2. The highest BCUT2D eigenvalue weighted by molar-refractivity contribution is 5.65. The number of aryl methyl sites for hydroxylation is 2. The van der Waals surface area contributed by atoms with Gasteiger partial charge in [0.2, 0.25) is 0 Å². The lowest BCUT2D eigenvalue weighted by molar-refractivity contribution is -0.274. The van der Waals surface area contributed by atoms with Crippen molar-refractivity contribution in [1.82, 2.24) is 4.98 Å². The molecule has 0 aliphatic rings. The fraction of sp³-hybridized carbons (Fsp3) is 0.214. The minimum atomic E-state index is -4.68. The van der Waals surface area contributed by atoms with Gasteiger partial charge in [-0.3, -0.25) is 4.98 Å². The quantitative estimate of drug-likeness (QED) is 0.810. The van der Waals surface area contributed by atoms with Gasteiger partial charge in [0.15, 0.2) is 0 Å². The van der Waals surface area contributed by atoms with Crippen LogP contribution < -0.4 is 4.74 Å². The Balaban J connectivity index is 2.37. The van der Waals surface area contributed by atoms with Gasteiger partial charge in [0.25, 0.3) is 0 Å². The Labute approximate surface area is 108 Å². The van der Waals surface area contributed by atoms with E-state index in [0.29, 0.717) is 5.56 Å². The highest BCUT2D eigenvalue weighted by atomic mass is 19.4. The number of pyridine rings is 1. The molecule has 0 N–H and O–H groups in total. The summed E-state index contributed by atoms with van der Waals surface area (Å²) in [5.74, 6) is -0.225. The maximum absolute atomic E-state index is 12.2. The van der Waals surface area contributed by atoms with E-state index in [0.717, 1.165) is 17.0 Å². The predicted octanol–water partition coefficient (Wildman–Crippen LogP) is 4.26. The van der Waals surface area contributed by atoms with Gasteiger partial charge in [0.05, 0.1) is 0 Å². The van der Waals surface area contributed by atoms with Crippen LogP contribution in [-0.4, -0.2) is 11.3 Å². The molecule has 100 valence electrons. The van der Waals surface area contributed by atoms with Gasteiger partial charge < -0.3 is 4.74 Å². The topological polar surface area (TPSA) is 22.1 Å². The van der Waals surface area contributed by atoms with Gasteiger partial charge in [-0.25, -0.2) is 0 Å². The van der Waals surface area contributed by atoms with Crippen LogP contribution in [0.2, 0.25) is 0 Å². The van der Waals surface area contributed by atoms with Crippen molar-refractivity contribution in [3.63, 3.8) is 0 Å². The summed E-state index contributed by atoms with van der Waals surface area (Å²) < 4.78 is 40.4. The molecule has 0 saturated heterocycles. The summed E-state index contributed by atoms with van der Waals surface area (Å²) in [7, 11) is 0. The van der Waals surface area contributed by atoms with Crippen LogP contribution in [0.1, 0.15) is 11.4 Å². The molecule has 1 aromatic carbocycles. The summed E-state index contributed by atoms with van der Waals surface area (Å²) in [5, 5.41) is 0. The Morgan fingerprint density at radius 3 is 2.16 bits per heavy atom. The fourth-order valence-electron chi connectivity index (χ4n) is 1.87. The molecule has 5 heteroatoms. The fourth-order valence-corrected chi connectivity index (χ4v) is 1.87. The predicted molar refractivity (Wildman–Crippen MR) is 65.8 cm³/mol. The van der Waals surface area contributed by atoms with Crippen LogP contribution in [0.4, 0.5) is 13.2 Å². The lowest BCUT2D eigenvalue weighted by atomic mass is 10.0. The van der Waals surface area contributed by atoms with E-state index < -0.39 is 6.36 Å². The molecule has 0 spiro atoms. The average molecular weight is 267 g/mol. The van der Waals surface area contributed by atoms with Crippen LogP contribution in [0.5, 0.6) is 5.75 Å². The molecule has 0 radical (unpaired) electrons. The number of hydrogen-bond acceptors (Lipinski definition) is 2.